The highest BCUT2D eigenvalue weighted by Gasteiger charge is 2.23. The minimum Gasteiger partial charge on any atom is -0.379 e. The number of alkyl halides is 2. The molecule has 0 aliphatic rings. The van der Waals surface area contributed by atoms with Crippen molar-refractivity contribution in [3.05, 3.63) is 76.2 Å². The van der Waals surface area contributed by atoms with E-state index in [0.29, 0.717) is 28.0 Å². The second kappa shape index (κ2) is 10.0. The lowest BCUT2D eigenvalue weighted by Gasteiger charge is -2.10. The van der Waals surface area contributed by atoms with E-state index in [-0.39, 0.29) is 5.56 Å². The van der Waals surface area contributed by atoms with E-state index in [4.69, 9.17) is 5.26 Å². The molecule has 0 unspecified atom stereocenters. The summed E-state index contributed by atoms with van der Waals surface area (Å²) in [6.45, 7) is 2.57. The Kier molecular flexibility index (Phi) is 8.10. The van der Waals surface area contributed by atoms with E-state index >= 15 is 0 Å². The molecule has 0 atom stereocenters. The van der Waals surface area contributed by atoms with Gasteiger partial charge in [0.25, 0.3) is 5.92 Å². The lowest BCUT2D eigenvalue weighted by molar-refractivity contribution is 0.0174. The summed E-state index contributed by atoms with van der Waals surface area (Å²) in [5, 5.41) is 11.8. The summed E-state index contributed by atoms with van der Waals surface area (Å²) in [4.78, 5) is 0. The minimum atomic E-state index is -2.92. The van der Waals surface area contributed by atoms with Crippen molar-refractivity contribution in [3.63, 3.8) is 0 Å². The van der Waals surface area contributed by atoms with Crippen LogP contribution >= 0.6 is 0 Å². The van der Waals surface area contributed by atoms with Crippen LogP contribution in [0.1, 0.15) is 36.1 Å². The van der Waals surface area contributed by atoms with Gasteiger partial charge in [-0.3, -0.25) is 0 Å². The van der Waals surface area contributed by atoms with Gasteiger partial charge in [-0.2, -0.15) is 5.26 Å². The molecule has 0 bridgehead atoms. The zero-order valence-electron chi connectivity index (χ0n) is 15.9. The third-order valence-corrected chi connectivity index (χ3v) is 4.02. The fraction of sp³-hybridized carbons (Fsp3) is 0.174. The molecule has 0 amide bonds. The van der Waals surface area contributed by atoms with Crippen LogP contribution in [0.3, 0.4) is 0 Å². The van der Waals surface area contributed by atoms with Crippen LogP contribution in [-0.4, -0.2) is 7.05 Å². The summed E-state index contributed by atoms with van der Waals surface area (Å²) in [5.74, 6) is -3.38. The maximum atomic E-state index is 14.4. The van der Waals surface area contributed by atoms with Gasteiger partial charge in [0.1, 0.15) is 17.6 Å². The zero-order valence-corrected chi connectivity index (χ0v) is 15.9. The van der Waals surface area contributed by atoms with Crippen LogP contribution in [0.15, 0.2) is 48.2 Å². The topological polar surface area (TPSA) is 35.8 Å². The molecule has 0 radical (unpaired) electrons. The van der Waals surface area contributed by atoms with E-state index in [9.17, 15) is 13.2 Å². The van der Waals surface area contributed by atoms with Crippen molar-refractivity contribution in [1.82, 2.24) is 5.32 Å². The van der Waals surface area contributed by atoms with Gasteiger partial charge in [0, 0.05) is 25.1 Å². The number of halogens is 3. The van der Waals surface area contributed by atoms with Gasteiger partial charge in [-0.1, -0.05) is 42.5 Å². The second-order valence-electron chi connectivity index (χ2n) is 5.95. The number of hydrogen-bond acceptors (Lipinski definition) is 2. The molecular weight excluding hydrogens is 361 g/mol. The molecule has 5 heteroatoms. The van der Waals surface area contributed by atoms with Crippen molar-refractivity contribution >= 4 is 17.7 Å². The molecule has 2 nitrogen and oxygen atoms in total. The molecule has 0 aliphatic carbocycles. The Morgan fingerprint density at radius 3 is 2.36 bits per heavy atom. The van der Waals surface area contributed by atoms with E-state index in [2.05, 4.69) is 18.2 Å². The second-order valence-corrected chi connectivity index (χ2v) is 5.95. The van der Waals surface area contributed by atoms with E-state index in [1.165, 1.54) is 24.3 Å². The maximum absolute atomic E-state index is 14.4. The SMILES string of the molecule is C#C.CN/C(C#N)=C(\C)c1ccc(/C=C/c2cccc(C(C)(F)F)c2)c(F)c1. The Balaban J connectivity index is 0.00000190. The predicted octanol–water partition coefficient (Wildman–Crippen LogP) is 5.83. The summed E-state index contributed by atoms with van der Waals surface area (Å²) in [6.07, 6.45) is 11.1. The van der Waals surface area contributed by atoms with E-state index < -0.39 is 11.7 Å². The van der Waals surface area contributed by atoms with Crippen molar-refractivity contribution in [2.45, 2.75) is 19.8 Å². The van der Waals surface area contributed by atoms with Crippen LogP contribution in [-0.2, 0) is 5.92 Å². The van der Waals surface area contributed by atoms with Gasteiger partial charge < -0.3 is 5.32 Å². The number of allylic oxidation sites excluding steroid dienone is 2. The first-order valence-corrected chi connectivity index (χ1v) is 8.34. The van der Waals surface area contributed by atoms with Crippen LogP contribution in [0, 0.1) is 30.0 Å². The van der Waals surface area contributed by atoms with Crippen LogP contribution in [0.2, 0.25) is 0 Å². The third kappa shape index (κ3) is 5.79. The lowest BCUT2D eigenvalue weighted by atomic mass is 10.0. The van der Waals surface area contributed by atoms with E-state index in [1.54, 1.807) is 44.3 Å². The van der Waals surface area contributed by atoms with Gasteiger partial charge >= 0.3 is 0 Å². The Hall–Kier alpha value is -3.44. The van der Waals surface area contributed by atoms with Crippen molar-refractivity contribution < 1.29 is 13.2 Å². The van der Waals surface area contributed by atoms with Gasteiger partial charge in [0.05, 0.1) is 0 Å². The molecule has 0 heterocycles. The standard InChI is InChI=1S/C21H19F3N2.C2H2/c1-14(20(13-25)26-3)17-10-9-16(19(22)12-17)8-7-15-5-4-6-18(11-15)21(2,23)24;1-2/h4-12,26H,1-3H3;1-2H/b8-7+,20-14+;. The van der Waals surface area contributed by atoms with E-state index in [1.807, 2.05) is 6.07 Å². The zero-order chi connectivity index (χ0) is 21.3. The molecule has 144 valence electrons. The number of nitrogens with zero attached hydrogens (tertiary/aromatic N) is 1. The monoisotopic (exact) mass is 382 g/mol. The smallest absolute Gasteiger partial charge is 0.270 e. The number of terminal acetylenes is 1. The molecule has 0 aromatic heterocycles. The fourth-order valence-corrected chi connectivity index (χ4v) is 2.47. The van der Waals surface area contributed by atoms with Gasteiger partial charge in [0.15, 0.2) is 0 Å². The molecule has 2 aromatic rings. The molecular formula is C23H21F3N2. The highest BCUT2D eigenvalue weighted by Crippen LogP contribution is 2.28. The fourth-order valence-electron chi connectivity index (χ4n) is 2.47. The number of nitrogens with one attached hydrogen (secondary N) is 1. The van der Waals surface area contributed by atoms with Crippen molar-refractivity contribution in [2.75, 3.05) is 7.05 Å². The average molecular weight is 382 g/mol. The first kappa shape index (κ1) is 22.6. The number of rotatable bonds is 5. The largest absolute Gasteiger partial charge is 0.379 e. The van der Waals surface area contributed by atoms with Crippen molar-refractivity contribution in [3.8, 4) is 18.9 Å². The lowest BCUT2D eigenvalue weighted by Crippen LogP contribution is -2.06. The highest BCUT2D eigenvalue weighted by atomic mass is 19.3. The van der Waals surface area contributed by atoms with Crippen LogP contribution in [0.4, 0.5) is 13.2 Å². The Bertz CT molecular complexity index is 942. The third-order valence-electron chi connectivity index (χ3n) is 4.02. The minimum absolute atomic E-state index is 0.0904. The van der Waals surface area contributed by atoms with Crippen LogP contribution < -0.4 is 5.32 Å². The molecule has 0 aliphatic heterocycles. The first-order valence-electron chi connectivity index (χ1n) is 8.34. The molecule has 2 aromatic carbocycles. The quantitative estimate of drug-likeness (QED) is 0.401. The van der Waals surface area contributed by atoms with Crippen molar-refractivity contribution in [1.29, 1.82) is 5.26 Å². The first-order chi connectivity index (χ1) is 13.3. The van der Waals surface area contributed by atoms with Gasteiger partial charge in [-0.15, -0.1) is 12.8 Å². The predicted molar refractivity (Wildman–Crippen MR) is 108 cm³/mol. The highest BCUT2D eigenvalue weighted by molar-refractivity contribution is 5.74. The summed E-state index contributed by atoms with van der Waals surface area (Å²) >= 11 is 0. The Morgan fingerprint density at radius 1 is 1.14 bits per heavy atom. The van der Waals surface area contributed by atoms with Crippen LogP contribution in [0.5, 0.6) is 0 Å². The summed E-state index contributed by atoms with van der Waals surface area (Å²) < 4.78 is 41.1. The Labute approximate surface area is 164 Å². The molecule has 0 saturated heterocycles. The number of benzene rings is 2. The molecule has 2 rings (SSSR count). The molecule has 0 saturated carbocycles. The summed E-state index contributed by atoms with van der Waals surface area (Å²) in [6, 6.07) is 12.6. The van der Waals surface area contributed by atoms with Gasteiger partial charge in [-0.25, -0.2) is 13.2 Å². The van der Waals surface area contributed by atoms with Crippen molar-refractivity contribution in [2.24, 2.45) is 0 Å². The number of hydrogen-bond donors (Lipinski definition) is 1. The summed E-state index contributed by atoms with van der Waals surface area (Å²) in [7, 11) is 1.63. The molecule has 0 fully saturated rings. The van der Waals surface area contributed by atoms with Crippen LogP contribution in [0.25, 0.3) is 17.7 Å². The Morgan fingerprint density at radius 2 is 1.82 bits per heavy atom. The van der Waals surface area contributed by atoms with E-state index in [0.717, 1.165) is 6.92 Å². The maximum Gasteiger partial charge on any atom is 0.270 e. The molecule has 28 heavy (non-hydrogen) atoms. The van der Waals surface area contributed by atoms with Gasteiger partial charge in [-0.05, 0) is 35.8 Å². The molecule has 1 N–H and O–H groups in total. The average Bonchev–Trinajstić information content (AvgIpc) is 2.69. The molecule has 0 spiro atoms. The van der Waals surface area contributed by atoms with Gasteiger partial charge in [0.2, 0.25) is 0 Å². The normalized spacial score (nSPS) is 11.8. The number of nitriles is 1. The summed E-state index contributed by atoms with van der Waals surface area (Å²) in [5.41, 5.74) is 2.40.